The molecule has 0 saturated heterocycles. The van der Waals surface area contributed by atoms with Crippen molar-refractivity contribution in [3.05, 3.63) is 0 Å². The average molecular weight is 257 g/mol. The van der Waals surface area contributed by atoms with Crippen molar-refractivity contribution in [1.29, 1.82) is 0 Å². The first kappa shape index (κ1) is 14.9. The molecule has 0 unspecified atom stereocenters. The molecule has 0 bridgehead atoms. The number of rotatable bonds is 7. The third-order valence-corrected chi connectivity index (χ3v) is 3.98. The van der Waals surface area contributed by atoms with Crippen LogP contribution in [0.4, 0.5) is 0 Å². The predicted octanol–water partition coefficient (Wildman–Crippen LogP) is 3.56. The number of hydrogen-bond acceptors (Lipinski definition) is 2. The Morgan fingerprint density at radius 1 is 1.12 bits per heavy atom. The van der Waals surface area contributed by atoms with Crippen LogP contribution in [0.5, 0.6) is 0 Å². The molecule has 0 aromatic carbocycles. The second-order valence-corrected chi connectivity index (χ2v) is 5.62. The molecule has 3 heteroatoms. The Balaban J connectivity index is 1.99. The fourth-order valence-corrected chi connectivity index (χ4v) is 2.78. The van der Waals surface area contributed by atoms with Crippen molar-refractivity contribution in [3.8, 4) is 0 Å². The van der Waals surface area contributed by atoms with Crippen molar-refractivity contribution < 1.29 is 4.79 Å². The Morgan fingerprint density at radius 2 is 1.82 bits per heavy atom. The molecule has 0 heterocycles. The third kappa shape index (κ3) is 7.69. The van der Waals surface area contributed by atoms with Crippen LogP contribution in [-0.4, -0.2) is 18.2 Å². The van der Waals surface area contributed by atoms with Gasteiger partial charge in [-0.15, -0.1) is 0 Å². The maximum Gasteiger partial charge on any atom is 0.219 e. The van der Waals surface area contributed by atoms with Crippen LogP contribution in [0.1, 0.15) is 64.2 Å². The Labute approximate surface area is 111 Å². The molecule has 0 spiro atoms. The molecule has 0 atom stereocenters. The maximum atomic E-state index is 11.5. The summed E-state index contributed by atoms with van der Waals surface area (Å²) >= 11 is 4.14. The minimum atomic E-state index is 0.223. The monoisotopic (exact) mass is 257 g/mol. The molecule has 0 aromatic heterocycles. The predicted molar refractivity (Wildman–Crippen MR) is 76.5 cm³/mol. The highest BCUT2D eigenvalue weighted by Gasteiger charge is 2.12. The molecule has 1 aliphatic carbocycles. The fraction of sp³-hybridized carbons (Fsp3) is 0.929. The summed E-state index contributed by atoms with van der Waals surface area (Å²) in [5.41, 5.74) is 0. The second-order valence-electron chi connectivity index (χ2n) is 5.18. The number of carbonyl (C=O) groups is 1. The van der Waals surface area contributed by atoms with E-state index in [2.05, 4.69) is 17.9 Å². The number of carbonyl (C=O) groups excluding carboxylic acids is 1. The van der Waals surface area contributed by atoms with Crippen LogP contribution in [0.15, 0.2) is 0 Å². The first-order valence-corrected chi connectivity index (χ1v) is 7.83. The van der Waals surface area contributed by atoms with Gasteiger partial charge in [0, 0.05) is 13.0 Å². The number of nitrogens with one attached hydrogen (secondary N) is 1. The van der Waals surface area contributed by atoms with Gasteiger partial charge in [-0.3, -0.25) is 4.79 Å². The Morgan fingerprint density at radius 3 is 2.47 bits per heavy atom. The smallest absolute Gasteiger partial charge is 0.219 e. The van der Waals surface area contributed by atoms with Gasteiger partial charge in [-0.2, -0.15) is 12.6 Å². The zero-order valence-electron chi connectivity index (χ0n) is 10.9. The molecule has 17 heavy (non-hydrogen) atoms. The van der Waals surface area contributed by atoms with Crippen molar-refractivity contribution in [2.24, 2.45) is 5.92 Å². The van der Waals surface area contributed by atoms with Crippen LogP contribution >= 0.6 is 12.6 Å². The SMILES string of the molecule is O=C(CCCCS)NCCC1CCCCCC1. The Kier molecular flexibility index (Phi) is 8.59. The van der Waals surface area contributed by atoms with E-state index in [-0.39, 0.29) is 5.91 Å². The lowest BCUT2D eigenvalue weighted by atomic mass is 9.97. The molecule has 2 nitrogen and oxygen atoms in total. The van der Waals surface area contributed by atoms with Gasteiger partial charge in [0.25, 0.3) is 0 Å². The molecule has 1 fully saturated rings. The molecule has 1 N–H and O–H groups in total. The van der Waals surface area contributed by atoms with Crippen molar-refractivity contribution in [2.75, 3.05) is 12.3 Å². The maximum absolute atomic E-state index is 11.5. The van der Waals surface area contributed by atoms with E-state index >= 15 is 0 Å². The first-order valence-electron chi connectivity index (χ1n) is 7.20. The van der Waals surface area contributed by atoms with Gasteiger partial charge in [0.1, 0.15) is 0 Å². The van der Waals surface area contributed by atoms with Gasteiger partial charge in [-0.05, 0) is 30.9 Å². The van der Waals surface area contributed by atoms with E-state index < -0.39 is 0 Å². The van der Waals surface area contributed by atoms with Crippen molar-refractivity contribution >= 4 is 18.5 Å². The highest BCUT2D eigenvalue weighted by atomic mass is 32.1. The van der Waals surface area contributed by atoms with Gasteiger partial charge < -0.3 is 5.32 Å². The topological polar surface area (TPSA) is 29.1 Å². The quantitative estimate of drug-likeness (QED) is 0.407. The Hall–Kier alpha value is -0.180. The lowest BCUT2D eigenvalue weighted by Crippen LogP contribution is -2.25. The fourth-order valence-electron chi connectivity index (χ4n) is 2.55. The molecule has 1 saturated carbocycles. The van der Waals surface area contributed by atoms with Gasteiger partial charge in [-0.25, -0.2) is 0 Å². The summed E-state index contributed by atoms with van der Waals surface area (Å²) in [6.45, 7) is 0.879. The summed E-state index contributed by atoms with van der Waals surface area (Å²) in [6.07, 6.45) is 12.2. The van der Waals surface area contributed by atoms with E-state index in [1.807, 2.05) is 0 Å². The molecule has 1 amide bonds. The number of unbranched alkanes of at least 4 members (excludes halogenated alkanes) is 1. The lowest BCUT2D eigenvalue weighted by molar-refractivity contribution is -0.121. The number of thiol groups is 1. The van der Waals surface area contributed by atoms with Crippen molar-refractivity contribution in [1.82, 2.24) is 5.32 Å². The summed E-state index contributed by atoms with van der Waals surface area (Å²) in [4.78, 5) is 11.5. The average Bonchev–Trinajstić information content (AvgIpc) is 2.58. The third-order valence-electron chi connectivity index (χ3n) is 3.66. The van der Waals surface area contributed by atoms with E-state index in [9.17, 15) is 4.79 Å². The summed E-state index contributed by atoms with van der Waals surface area (Å²) in [5.74, 6) is 1.96. The van der Waals surface area contributed by atoms with Crippen LogP contribution in [0.25, 0.3) is 0 Å². The van der Waals surface area contributed by atoms with Crippen LogP contribution in [-0.2, 0) is 4.79 Å². The van der Waals surface area contributed by atoms with Crippen LogP contribution in [0, 0.1) is 5.92 Å². The number of hydrogen-bond donors (Lipinski definition) is 2. The van der Waals surface area contributed by atoms with E-state index in [1.165, 1.54) is 44.9 Å². The summed E-state index contributed by atoms with van der Waals surface area (Å²) < 4.78 is 0. The normalized spacial score (nSPS) is 17.7. The van der Waals surface area contributed by atoms with Crippen LogP contribution < -0.4 is 5.32 Å². The summed E-state index contributed by atoms with van der Waals surface area (Å²) in [5, 5.41) is 3.05. The molecule has 0 aromatic rings. The largest absolute Gasteiger partial charge is 0.356 e. The van der Waals surface area contributed by atoms with Crippen molar-refractivity contribution in [2.45, 2.75) is 64.2 Å². The van der Waals surface area contributed by atoms with E-state index in [0.29, 0.717) is 6.42 Å². The van der Waals surface area contributed by atoms with Gasteiger partial charge in [0.2, 0.25) is 5.91 Å². The number of amides is 1. The van der Waals surface area contributed by atoms with Gasteiger partial charge in [0.05, 0.1) is 0 Å². The minimum absolute atomic E-state index is 0.223. The van der Waals surface area contributed by atoms with Gasteiger partial charge in [-0.1, -0.05) is 38.5 Å². The zero-order chi connectivity index (χ0) is 12.3. The van der Waals surface area contributed by atoms with Crippen LogP contribution in [0.3, 0.4) is 0 Å². The highest BCUT2D eigenvalue weighted by Crippen LogP contribution is 2.24. The van der Waals surface area contributed by atoms with E-state index in [1.54, 1.807) is 0 Å². The first-order chi connectivity index (χ1) is 8.33. The Bertz CT molecular complexity index is 200. The summed E-state index contributed by atoms with van der Waals surface area (Å²) in [6, 6.07) is 0. The van der Waals surface area contributed by atoms with E-state index in [4.69, 9.17) is 0 Å². The molecule has 1 rings (SSSR count). The molecule has 0 aliphatic heterocycles. The minimum Gasteiger partial charge on any atom is -0.356 e. The molecule has 0 radical (unpaired) electrons. The molecule has 100 valence electrons. The zero-order valence-corrected chi connectivity index (χ0v) is 11.8. The molecule has 1 aliphatic rings. The molecular formula is C14H27NOS. The lowest BCUT2D eigenvalue weighted by Gasteiger charge is -2.14. The van der Waals surface area contributed by atoms with Gasteiger partial charge in [0.15, 0.2) is 0 Å². The van der Waals surface area contributed by atoms with Gasteiger partial charge >= 0.3 is 0 Å². The summed E-state index contributed by atoms with van der Waals surface area (Å²) in [7, 11) is 0. The second kappa shape index (κ2) is 9.81. The van der Waals surface area contributed by atoms with Crippen molar-refractivity contribution in [3.63, 3.8) is 0 Å². The van der Waals surface area contributed by atoms with Crippen LogP contribution in [0.2, 0.25) is 0 Å². The van der Waals surface area contributed by atoms with E-state index in [0.717, 1.165) is 31.1 Å². The standard InChI is InChI=1S/C14H27NOS/c16-14(9-5-6-12-17)15-11-10-13-7-3-1-2-4-8-13/h13,17H,1-12H2,(H,15,16). The highest BCUT2D eigenvalue weighted by molar-refractivity contribution is 7.80. The molecular weight excluding hydrogens is 230 g/mol.